The number of nitrogens with zero attached hydrogens (tertiary/aromatic N) is 1. The Labute approximate surface area is 129 Å². The van der Waals surface area contributed by atoms with Gasteiger partial charge in [0.2, 0.25) is 0 Å². The third kappa shape index (κ3) is 5.57. The molecule has 1 heterocycles. The van der Waals surface area contributed by atoms with Crippen LogP contribution in [0.1, 0.15) is 43.8 Å². The number of rotatable bonds is 9. The molecule has 3 nitrogen and oxygen atoms in total. The van der Waals surface area contributed by atoms with Gasteiger partial charge in [0, 0.05) is 18.7 Å². The second kappa shape index (κ2) is 7.68. The maximum atomic E-state index is 5.86. The van der Waals surface area contributed by atoms with E-state index in [0.717, 1.165) is 50.2 Å². The first kappa shape index (κ1) is 16.1. The molecule has 1 fully saturated rings. The van der Waals surface area contributed by atoms with E-state index in [1.807, 2.05) is 6.92 Å². The Hall–Kier alpha value is -1.24. The molecule has 0 aliphatic heterocycles. The van der Waals surface area contributed by atoms with Gasteiger partial charge in [-0.25, -0.2) is 0 Å². The van der Waals surface area contributed by atoms with Crippen LogP contribution in [0.5, 0.6) is 0 Å². The van der Waals surface area contributed by atoms with Crippen molar-refractivity contribution in [3.8, 4) is 12.3 Å². The minimum atomic E-state index is 0.658. The van der Waals surface area contributed by atoms with Gasteiger partial charge >= 0.3 is 0 Å². The van der Waals surface area contributed by atoms with Crippen LogP contribution in [0.25, 0.3) is 0 Å². The lowest BCUT2D eigenvalue weighted by Gasteiger charge is -2.18. The van der Waals surface area contributed by atoms with Gasteiger partial charge in [-0.1, -0.05) is 19.8 Å². The molecule has 0 saturated heterocycles. The molecule has 1 aromatic rings. The monoisotopic (exact) mass is 288 g/mol. The number of terminal acetylenes is 1. The zero-order valence-corrected chi connectivity index (χ0v) is 13.6. The third-order valence-electron chi connectivity index (χ3n) is 3.85. The lowest BCUT2D eigenvalue weighted by atomic mass is 10.2. The molecule has 0 atom stereocenters. The zero-order valence-electron chi connectivity index (χ0n) is 13.6. The van der Waals surface area contributed by atoms with E-state index in [4.69, 9.17) is 10.8 Å². The van der Waals surface area contributed by atoms with Gasteiger partial charge in [-0.3, -0.25) is 4.90 Å². The van der Waals surface area contributed by atoms with Gasteiger partial charge in [0.1, 0.15) is 11.5 Å². The summed E-state index contributed by atoms with van der Waals surface area (Å²) in [7, 11) is 0. The van der Waals surface area contributed by atoms with Crippen molar-refractivity contribution < 1.29 is 4.42 Å². The average molecular weight is 288 g/mol. The molecule has 1 aromatic heterocycles. The Morgan fingerprint density at radius 1 is 1.48 bits per heavy atom. The molecule has 0 unspecified atom stereocenters. The Morgan fingerprint density at radius 3 is 2.86 bits per heavy atom. The van der Waals surface area contributed by atoms with Gasteiger partial charge in [-0.05, 0) is 44.2 Å². The summed E-state index contributed by atoms with van der Waals surface area (Å²) in [6.45, 7) is 11.0. The molecule has 21 heavy (non-hydrogen) atoms. The van der Waals surface area contributed by atoms with Crippen LogP contribution in [-0.4, -0.2) is 24.5 Å². The summed E-state index contributed by atoms with van der Waals surface area (Å²) in [5, 5.41) is 3.42. The highest BCUT2D eigenvalue weighted by atomic mass is 16.3. The molecule has 1 aliphatic rings. The average Bonchev–Trinajstić information content (AvgIpc) is 3.15. The maximum absolute atomic E-state index is 5.86. The van der Waals surface area contributed by atoms with Gasteiger partial charge in [-0.15, -0.1) is 6.42 Å². The fraction of sp³-hybridized carbons (Fsp3) is 0.667. The fourth-order valence-corrected chi connectivity index (χ4v) is 2.54. The molecule has 0 amide bonds. The second-order valence-electron chi connectivity index (χ2n) is 6.64. The van der Waals surface area contributed by atoms with E-state index in [0.29, 0.717) is 5.92 Å². The van der Waals surface area contributed by atoms with Crippen LogP contribution in [0, 0.1) is 31.1 Å². The molecule has 2 rings (SSSR count). The molecule has 0 radical (unpaired) electrons. The summed E-state index contributed by atoms with van der Waals surface area (Å²) >= 11 is 0. The zero-order chi connectivity index (χ0) is 15.2. The van der Waals surface area contributed by atoms with Crippen molar-refractivity contribution in [1.82, 2.24) is 10.2 Å². The molecule has 3 heteroatoms. The predicted molar refractivity (Wildman–Crippen MR) is 86.8 cm³/mol. The van der Waals surface area contributed by atoms with Gasteiger partial charge in [-0.2, -0.15) is 0 Å². The number of nitrogens with one attached hydrogen (secondary N) is 1. The van der Waals surface area contributed by atoms with E-state index < -0.39 is 0 Å². The maximum Gasteiger partial charge on any atom is 0.118 e. The summed E-state index contributed by atoms with van der Waals surface area (Å²) in [5.41, 5.74) is 1.27. The molecule has 0 bridgehead atoms. The van der Waals surface area contributed by atoms with Gasteiger partial charge in [0.25, 0.3) is 0 Å². The van der Waals surface area contributed by atoms with Gasteiger partial charge in [0.15, 0.2) is 0 Å². The van der Waals surface area contributed by atoms with Crippen molar-refractivity contribution in [3.63, 3.8) is 0 Å². The molecule has 1 saturated carbocycles. The Bertz CT molecular complexity index is 480. The standard InChI is InChI=1S/C18H28N2O/c1-5-8-20(12-16-6-7-16)13-17-9-18(21-15(17)4)11-19-10-14(2)3/h1,9,14,16,19H,6-8,10-13H2,2-4H3. The van der Waals surface area contributed by atoms with E-state index in [-0.39, 0.29) is 0 Å². The molecule has 1 N–H and O–H groups in total. The minimum Gasteiger partial charge on any atom is -0.465 e. The van der Waals surface area contributed by atoms with E-state index in [1.165, 1.54) is 18.4 Å². The normalized spacial score (nSPS) is 14.9. The van der Waals surface area contributed by atoms with Crippen LogP contribution in [0.2, 0.25) is 0 Å². The first-order valence-corrected chi connectivity index (χ1v) is 8.03. The number of furan rings is 1. The summed E-state index contributed by atoms with van der Waals surface area (Å²) in [4.78, 5) is 2.36. The molecule has 0 spiro atoms. The van der Waals surface area contributed by atoms with E-state index >= 15 is 0 Å². The number of hydrogen-bond donors (Lipinski definition) is 1. The van der Waals surface area contributed by atoms with Crippen molar-refractivity contribution in [3.05, 3.63) is 23.2 Å². The van der Waals surface area contributed by atoms with Crippen LogP contribution >= 0.6 is 0 Å². The molecular weight excluding hydrogens is 260 g/mol. The smallest absolute Gasteiger partial charge is 0.118 e. The van der Waals surface area contributed by atoms with Gasteiger partial charge in [0.05, 0.1) is 13.1 Å². The van der Waals surface area contributed by atoms with Crippen LogP contribution in [0.4, 0.5) is 0 Å². The Morgan fingerprint density at radius 2 is 2.24 bits per heavy atom. The highest BCUT2D eigenvalue weighted by Crippen LogP contribution is 2.30. The Kier molecular flexibility index (Phi) is 5.90. The lowest BCUT2D eigenvalue weighted by molar-refractivity contribution is 0.284. The molecule has 1 aliphatic carbocycles. The predicted octanol–water partition coefficient (Wildman–Crippen LogP) is 3.18. The van der Waals surface area contributed by atoms with Crippen molar-refractivity contribution in [2.45, 2.75) is 46.7 Å². The summed E-state index contributed by atoms with van der Waals surface area (Å²) < 4.78 is 5.86. The largest absolute Gasteiger partial charge is 0.465 e. The summed E-state index contributed by atoms with van der Waals surface area (Å²) in [6, 6.07) is 2.18. The van der Waals surface area contributed by atoms with Crippen molar-refractivity contribution >= 4 is 0 Å². The quantitative estimate of drug-likeness (QED) is 0.707. The minimum absolute atomic E-state index is 0.658. The van der Waals surface area contributed by atoms with Crippen LogP contribution in [-0.2, 0) is 13.1 Å². The van der Waals surface area contributed by atoms with Crippen molar-refractivity contribution in [1.29, 1.82) is 0 Å². The molecule has 116 valence electrons. The van der Waals surface area contributed by atoms with E-state index in [9.17, 15) is 0 Å². The molecule has 0 aromatic carbocycles. The van der Waals surface area contributed by atoms with Crippen LogP contribution in [0.3, 0.4) is 0 Å². The first-order chi connectivity index (χ1) is 10.1. The summed E-state index contributed by atoms with van der Waals surface area (Å²) in [5.74, 6) is 6.34. The topological polar surface area (TPSA) is 28.4 Å². The highest BCUT2D eigenvalue weighted by molar-refractivity contribution is 5.21. The first-order valence-electron chi connectivity index (χ1n) is 8.03. The van der Waals surface area contributed by atoms with E-state index in [2.05, 4.69) is 36.1 Å². The number of aryl methyl sites for hydroxylation is 1. The van der Waals surface area contributed by atoms with Crippen molar-refractivity contribution in [2.24, 2.45) is 11.8 Å². The number of hydrogen-bond acceptors (Lipinski definition) is 3. The lowest BCUT2D eigenvalue weighted by Crippen LogP contribution is -2.26. The Balaban J connectivity index is 1.89. The second-order valence-corrected chi connectivity index (χ2v) is 6.64. The highest BCUT2D eigenvalue weighted by Gasteiger charge is 2.24. The fourth-order valence-electron chi connectivity index (χ4n) is 2.54. The third-order valence-corrected chi connectivity index (χ3v) is 3.85. The van der Waals surface area contributed by atoms with Crippen molar-refractivity contribution in [2.75, 3.05) is 19.6 Å². The summed E-state index contributed by atoms with van der Waals surface area (Å²) in [6.07, 6.45) is 8.21. The SMILES string of the molecule is C#CCN(Cc1cc(CNCC(C)C)oc1C)CC1CC1. The van der Waals surface area contributed by atoms with Crippen LogP contribution in [0.15, 0.2) is 10.5 Å². The van der Waals surface area contributed by atoms with E-state index in [1.54, 1.807) is 0 Å². The van der Waals surface area contributed by atoms with Gasteiger partial charge < -0.3 is 9.73 Å². The molecular formula is C18H28N2O. The van der Waals surface area contributed by atoms with Crippen LogP contribution < -0.4 is 5.32 Å².